The SMILES string of the molecule is Cn1c(=O)n(C)c2cc(C=C(C#N)C(=O)Nc3sc4c(c3C#N)CCCC4)ccc21. The minimum Gasteiger partial charge on any atom is -0.312 e. The van der Waals surface area contributed by atoms with Crippen molar-refractivity contribution in [3.63, 3.8) is 0 Å². The molecule has 1 aliphatic rings. The second-order valence-electron chi connectivity index (χ2n) is 7.30. The number of amides is 1. The Morgan fingerprint density at radius 3 is 2.63 bits per heavy atom. The third-order valence-corrected chi connectivity index (χ3v) is 6.69. The summed E-state index contributed by atoms with van der Waals surface area (Å²) in [6.07, 6.45) is 5.38. The average molecular weight is 417 g/mol. The molecule has 7 nitrogen and oxygen atoms in total. The highest BCUT2D eigenvalue weighted by Gasteiger charge is 2.22. The number of aromatic nitrogens is 2. The van der Waals surface area contributed by atoms with Gasteiger partial charge in [-0.25, -0.2) is 4.79 Å². The third-order valence-electron chi connectivity index (χ3n) is 5.48. The van der Waals surface area contributed by atoms with Crippen molar-refractivity contribution in [3.8, 4) is 12.1 Å². The van der Waals surface area contributed by atoms with Crippen molar-refractivity contribution < 1.29 is 4.79 Å². The van der Waals surface area contributed by atoms with E-state index in [1.165, 1.54) is 22.0 Å². The lowest BCUT2D eigenvalue weighted by molar-refractivity contribution is -0.112. The first kappa shape index (κ1) is 19.7. The van der Waals surface area contributed by atoms with Crippen molar-refractivity contribution in [1.82, 2.24) is 9.13 Å². The molecule has 0 unspecified atom stereocenters. The smallest absolute Gasteiger partial charge is 0.312 e. The van der Waals surface area contributed by atoms with E-state index in [0.717, 1.165) is 41.6 Å². The molecule has 1 N–H and O–H groups in total. The molecule has 8 heteroatoms. The van der Waals surface area contributed by atoms with Gasteiger partial charge in [0.1, 0.15) is 22.7 Å². The van der Waals surface area contributed by atoms with Crippen molar-refractivity contribution in [2.24, 2.45) is 14.1 Å². The Balaban J connectivity index is 1.66. The minimum absolute atomic E-state index is 0.0643. The molecular formula is C22H19N5O2S. The van der Waals surface area contributed by atoms with E-state index in [-0.39, 0.29) is 11.3 Å². The predicted octanol–water partition coefficient (Wildman–Crippen LogP) is 3.23. The maximum Gasteiger partial charge on any atom is 0.328 e. The van der Waals surface area contributed by atoms with Gasteiger partial charge in [0.05, 0.1) is 16.6 Å². The first-order valence-electron chi connectivity index (χ1n) is 9.58. The zero-order valence-corrected chi connectivity index (χ0v) is 17.5. The number of thiophene rings is 1. The lowest BCUT2D eigenvalue weighted by Gasteiger charge is -2.09. The van der Waals surface area contributed by atoms with Gasteiger partial charge in [-0.2, -0.15) is 10.5 Å². The molecule has 0 fully saturated rings. The van der Waals surface area contributed by atoms with Crippen LogP contribution in [0.5, 0.6) is 0 Å². The zero-order chi connectivity index (χ0) is 21.4. The number of anilines is 1. The van der Waals surface area contributed by atoms with Crippen LogP contribution in [0, 0.1) is 22.7 Å². The van der Waals surface area contributed by atoms with Crippen LogP contribution >= 0.6 is 11.3 Å². The standard InChI is InChI=1S/C22H19N5O2S/c1-26-17-8-7-13(10-18(17)27(2)22(26)29)9-14(11-23)20(28)25-21-16(12-24)15-5-3-4-6-19(15)30-21/h7-10H,3-6H2,1-2H3,(H,25,28). The Morgan fingerprint density at radius 1 is 1.17 bits per heavy atom. The molecule has 0 atom stereocenters. The molecule has 1 amide bonds. The second kappa shape index (κ2) is 7.66. The second-order valence-corrected chi connectivity index (χ2v) is 8.40. The summed E-state index contributed by atoms with van der Waals surface area (Å²) in [4.78, 5) is 26.0. The van der Waals surface area contributed by atoms with Crippen LogP contribution in [0.2, 0.25) is 0 Å². The summed E-state index contributed by atoms with van der Waals surface area (Å²) >= 11 is 1.43. The lowest BCUT2D eigenvalue weighted by Crippen LogP contribution is -2.19. The summed E-state index contributed by atoms with van der Waals surface area (Å²) in [6, 6.07) is 9.47. The number of imidazole rings is 1. The van der Waals surface area contributed by atoms with Gasteiger partial charge in [-0.3, -0.25) is 13.9 Å². The average Bonchev–Trinajstić information content (AvgIpc) is 3.21. The van der Waals surface area contributed by atoms with E-state index in [0.29, 0.717) is 21.6 Å². The Bertz CT molecular complexity index is 1360. The number of rotatable bonds is 3. The van der Waals surface area contributed by atoms with Crippen LogP contribution in [0.25, 0.3) is 17.1 Å². The monoisotopic (exact) mass is 417 g/mol. The fourth-order valence-electron chi connectivity index (χ4n) is 3.87. The highest BCUT2D eigenvalue weighted by atomic mass is 32.1. The van der Waals surface area contributed by atoms with E-state index in [1.54, 1.807) is 36.9 Å². The Morgan fingerprint density at radius 2 is 1.90 bits per heavy atom. The molecule has 3 aromatic rings. The molecule has 2 aromatic heterocycles. The highest BCUT2D eigenvalue weighted by Crippen LogP contribution is 2.37. The summed E-state index contributed by atoms with van der Waals surface area (Å²) in [6.45, 7) is 0. The number of carbonyl (C=O) groups is 1. The molecule has 0 saturated heterocycles. The largest absolute Gasteiger partial charge is 0.328 e. The van der Waals surface area contributed by atoms with E-state index in [9.17, 15) is 20.1 Å². The zero-order valence-electron chi connectivity index (χ0n) is 16.7. The van der Waals surface area contributed by atoms with E-state index in [2.05, 4.69) is 11.4 Å². The number of nitrogens with one attached hydrogen (secondary N) is 1. The Hall–Kier alpha value is -3.62. The molecule has 150 valence electrons. The number of carbonyl (C=O) groups excluding carboxylic acids is 1. The van der Waals surface area contributed by atoms with Gasteiger partial charge in [0.15, 0.2) is 0 Å². The number of benzene rings is 1. The topological polar surface area (TPSA) is 104 Å². The molecule has 0 spiro atoms. The normalized spacial score (nSPS) is 13.5. The van der Waals surface area contributed by atoms with Gasteiger partial charge >= 0.3 is 5.69 Å². The first-order valence-corrected chi connectivity index (χ1v) is 10.4. The Labute approximate surface area is 177 Å². The fourth-order valence-corrected chi connectivity index (χ4v) is 5.11. The van der Waals surface area contributed by atoms with Gasteiger partial charge in [0.2, 0.25) is 0 Å². The number of aryl methyl sites for hydroxylation is 3. The number of hydrogen-bond donors (Lipinski definition) is 1. The molecule has 1 aliphatic carbocycles. The van der Waals surface area contributed by atoms with Crippen LogP contribution in [-0.4, -0.2) is 15.0 Å². The minimum atomic E-state index is -0.547. The highest BCUT2D eigenvalue weighted by molar-refractivity contribution is 7.16. The van der Waals surface area contributed by atoms with Crippen LogP contribution in [0.15, 0.2) is 28.6 Å². The number of fused-ring (bicyclic) bond motifs is 2. The molecule has 0 bridgehead atoms. The maximum absolute atomic E-state index is 12.8. The van der Waals surface area contributed by atoms with Gasteiger partial charge in [-0.1, -0.05) is 6.07 Å². The van der Waals surface area contributed by atoms with Crippen LogP contribution in [-0.2, 0) is 31.7 Å². The molecule has 0 radical (unpaired) electrons. The lowest BCUT2D eigenvalue weighted by atomic mass is 9.96. The van der Waals surface area contributed by atoms with Crippen LogP contribution in [0.1, 0.15) is 34.4 Å². The predicted molar refractivity (Wildman–Crippen MR) is 116 cm³/mol. The third kappa shape index (κ3) is 3.22. The maximum atomic E-state index is 12.8. The van der Waals surface area contributed by atoms with Crippen molar-refractivity contribution in [3.05, 3.63) is 55.8 Å². The molecular weight excluding hydrogens is 398 g/mol. The number of nitrogens with zero attached hydrogens (tertiary/aromatic N) is 4. The Kier molecular flexibility index (Phi) is 5.03. The van der Waals surface area contributed by atoms with Gasteiger partial charge in [0.25, 0.3) is 5.91 Å². The number of hydrogen-bond acceptors (Lipinski definition) is 5. The van der Waals surface area contributed by atoms with Crippen LogP contribution < -0.4 is 11.0 Å². The summed E-state index contributed by atoms with van der Waals surface area (Å²) < 4.78 is 3.07. The van der Waals surface area contributed by atoms with Gasteiger partial charge in [0, 0.05) is 19.0 Å². The van der Waals surface area contributed by atoms with Crippen molar-refractivity contribution in [2.75, 3.05) is 5.32 Å². The van der Waals surface area contributed by atoms with Gasteiger partial charge in [-0.05, 0) is 55.0 Å². The first-order chi connectivity index (χ1) is 14.4. The number of nitriles is 2. The van der Waals surface area contributed by atoms with Crippen LogP contribution in [0.3, 0.4) is 0 Å². The van der Waals surface area contributed by atoms with Gasteiger partial charge < -0.3 is 5.32 Å². The van der Waals surface area contributed by atoms with E-state index in [1.807, 2.05) is 6.07 Å². The van der Waals surface area contributed by atoms with Gasteiger partial charge in [-0.15, -0.1) is 11.3 Å². The summed E-state index contributed by atoms with van der Waals surface area (Å²) in [5.41, 5.74) is 3.46. The molecule has 0 aliphatic heterocycles. The summed E-state index contributed by atoms with van der Waals surface area (Å²) in [7, 11) is 3.37. The van der Waals surface area contributed by atoms with Crippen molar-refractivity contribution in [2.45, 2.75) is 25.7 Å². The van der Waals surface area contributed by atoms with Crippen molar-refractivity contribution in [1.29, 1.82) is 10.5 Å². The summed E-state index contributed by atoms with van der Waals surface area (Å²) in [5.74, 6) is -0.547. The molecule has 2 heterocycles. The van der Waals surface area contributed by atoms with E-state index >= 15 is 0 Å². The van der Waals surface area contributed by atoms with E-state index < -0.39 is 5.91 Å². The quantitative estimate of drug-likeness (QED) is 0.522. The summed E-state index contributed by atoms with van der Waals surface area (Å²) in [5, 5.41) is 22.4. The molecule has 0 saturated carbocycles. The molecule has 1 aromatic carbocycles. The molecule has 4 rings (SSSR count). The fraction of sp³-hybridized carbons (Fsp3) is 0.273. The molecule has 30 heavy (non-hydrogen) atoms. The van der Waals surface area contributed by atoms with Crippen LogP contribution in [0.4, 0.5) is 5.00 Å². The van der Waals surface area contributed by atoms with E-state index in [4.69, 9.17) is 0 Å². The van der Waals surface area contributed by atoms with Crippen molar-refractivity contribution >= 4 is 39.4 Å².